The Labute approximate surface area is 132 Å². The lowest BCUT2D eigenvalue weighted by atomic mass is 10.2. The summed E-state index contributed by atoms with van der Waals surface area (Å²) in [7, 11) is 3.46. The van der Waals surface area contributed by atoms with Crippen LogP contribution in [0.1, 0.15) is 10.4 Å². The number of rotatable bonds is 4. The fraction of sp³-hybridized carbons (Fsp3) is 0.200. The molecule has 0 spiro atoms. The van der Waals surface area contributed by atoms with Crippen molar-refractivity contribution >= 4 is 28.5 Å². The molecular weight excluding hydrogens is 296 g/mol. The molecule has 8 heteroatoms. The third kappa shape index (κ3) is 3.05. The number of nitrogens with one attached hydrogen (secondary N) is 2. The van der Waals surface area contributed by atoms with Crippen LogP contribution in [0.4, 0.5) is 5.69 Å². The van der Waals surface area contributed by atoms with Gasteiger partial charge in [0.2, 0.25) is 5.91 Å². The second-order valence-corrected chi connectivity index (χ2v) is 5.11. The summed E-state index contributed by atoms with van der Waals surface area (Å²) in [4.78, 5) is 27.8. The van der Waals surface area contributed by atoms with Crippen molar-refractivity contribution in [2.45, 2.75) is 6.54 Å². The van der Waals surface area contributed by atoms with Crippen molar-refractivity contribution in [3.05, 3.63) is 42.5 Å². The molecule has 8 nitrogen and oxygen atoms in total. The zero-order valence-electron chi connectivity index (χ0n) is 12.8. The molecule has 1 aromatic carbocycles. The van der Waals surface area contributed by atoms with Crippen LogP contribution >= 0.6 is 0 Å². The molecule has 0 bridgehead atoms. The van der Waals surface area contributed by atoms with Gasteiger partial charge in [0, 0.05) is 25.9 Å². The second-order valence-electron chi connectivity index (χ2n) is 5.11. The van der Waals surface area contributed by atoms with E-state index >= 15 is 0 Å². The molecule has 0 aliphatic heterocycles. The third-order valence-electron chi connectivity index (χ3n) is 3.46. The Bertz CT molecular complexity index is 879. The van der Waals surface area contributed by atoms with Gasteiger partial charge in [-0.05, 0) is 18.2 Å². The lowest BCUT2D eigenvalue weighted by molar-refractivity contribution is -0.121. The Morgan fingerprint density at radius 1 is 1.30 bits per heavy atom. The molecule has 0 unspecified atom stereocenters. The number of fused-ring (bicyclic) bond motifs is 1. The topological polar surface area (TPSA) is 93.8 Å². The van der Waals surface area contributed by atoms with E-state index in [2.05, 4.69) is 20.7 Å². The van der Waals surface area contributed by atoms with Gasteiger partial charge < -0.3 is 15.2 Å². The standard InChI is InChI=1S/C15H16N6O2/c1-16-14(22)8-21-7-11(6-18-21)19-15(23)10-3-4-13-12(5-10)17-9-20(13)2/h3-7,9H,8H2,1-2H3,(H,16,22)(H,19,23). The van der Waals surface area contributed by atoms with Crippen molar-refractivity contribution in [2.75, 3.05) is 12.4 Å². The maximum Gasteiger partial charge on any atom is 0.255 e. The molecule has 0 fully saturated rings. The van der Waals surface area contributed by atoms with Crippen LogP contribution in [0.2, 0.25) is 0 Å². The molecule has 2 aromatic heterocycles. The zero-order chi connectivity index (χ0) is 16.4. The van der Waals surface area contributed by atoms with E-state index in [1.165, 1.54) is 10.9 Å². The summed E-state index contributed by atoms with van der Waals surface area (Å²) in [6.45, 7) is 0.103. The smallest absolute Gasteiger partial charge is 0.255 e. The predicted octanol–water partition coefficient (Wildman–Crippen LogP) is 0.768. The molecule has 2 heterocycles. The van der Waals surface area contributed by atoms with Gasteiger partial charge in [-0.3, -0.25) is 14.3 Å². The number of hydrogen-bond acceptors (Lipinski definition) is 4. The first-order valence-corrected chi connectivity index (χ1v) is 7.02. The normalized spacial score (nSPS) is 10.7. The van der Waals surface area contributed by atoms with Crippen molar-refractivity contribution in [2.24, 2.45) is 7.05 Å². The lowest BCUT2D eigenvalue weighted by Gasteiger charge is -2.03. The lowest BCUT2D eigenvalue weighted by Crippen LogP contribution is -2.23. The average molecular weight is 312 g/mol. The number of likely N-dealkylation sites (N-methyl/N-ethyl adjacent to an activating group) is 1. The summed E-state index contributed by atoms with van der Waals surface area (Å²) in [6, 6.07) is 5.33. The Morgan fingerprint density at radius 3 is 2.91 bits per heavy atom. The summed E-state index contributed by atoms with van der Waals surface area (Å²) >= 11 is 0. The molecule has 0 radical (unpaired) electrons. The molecule has 3 aromatic rings. The molecule has 23 heavy (non-hydrogen) atoms. The van der Waals surface area contributed by atoms with Crippen LogP contribution in [0.3, 0.4) is 0 Å². The molecule has 0 aliphatic rings. The Kier molecular flexibility index (Phi) is 3.80. The van der Waals surface area contributed by atoms with E-state index in [0.717, 1.165) is 11.0 Å². The molecule has 2 amide bonds. The quantitative estimate of drug-likeness (QED) is 0.744. The van der Waals surface area contributed by atoms with E-state index in [1.807, 2.05) is 17.7 Å². The van der Waals surface area contributed by atoms with Gasteiger partial charge in [-0.25, -0.2) is 4.98 Å². The molecule has 2 N–H and O–H groups in total. The number of nitrogens with zero attached hydrogens (tertiary/aromatic N) is 4. The van der Waals surface area contributed by atoms with Crippen molar-refractivity contribution in [1.29, 1.82) is 0 Å². The average Bonchev–Trinajstić information content (AvgIpc) is 3.14. The Balaban J connectivity index is 1.74. The van der Waals surface area contributed by atoms with E-state index in [-0.39, 0.29) is 18.4 Å². The minimum atomic E-state index is -0.253. The van der Waals surface area contributed by atoms with E-state index in [0.29, 0.717) is 11.3 Å². The number of amides is 2. The van der Waals surface area contributed by atoms with E-state index in [1.54, 1.807) is 31.7 Å². The first-order chi connectivity index (χ1) is 11.1. The van der Waals surface area contributed by atoms with Gasteiger partial charge in [-0.2, -0.15) is 5.10 Å². The van der Waals surface area contributed by atoms with Gasteiger partial charge in [0.15, 0.2) is 0 Å². The molecule has 0 aliphatic carbocycles. The zero-order valence-corrected chi connectivity index (χ0v) is 12.8. The van der Waals surface area contributed by atoms with Gasteiger partial charge in [0.1, 0.15) is 6.54 Å². The number of aryl methyl sites for hydroxylation is 1. The Hall–Kier alpha value is -3.16. The minimum absolute atomic E-state index is 0.103. The summed E-state index contributed by atoms with van der Waals surface area (Å²) in [6.07, 6.45) is 4.81. The second kappa shape index (κ2) is 5.91. The molecule has 0 saturated carbocycles. The summed E-state index contributed by atoms with van der Waals surface area (Å²) in [5.41, 5.74) is 2.76. The largest absolute Gasteiger partial charge is 0.358 e. The monoisotopic (exact) mass is 312 g/mol. The first kappa shape index (κ1) is 14.8. The Morgan fingerprint density at radius 2 is 2.13 bits per heavy atom. The van der Waals surface area contributed by atoms with Gasteiger partial charge in [0.05, 0.1) is 29.2 Å². The molecule has 3 rings (SSSR count). The number of anilines is 1. The van der Waals surface area contributed by atoms with Crippen LogP contribution in [0, 0.1) is 0 Å². The van der Waals surface area contributed by atoms with Crippen molar-refractivity contribution in [3.63, 3.8) is 0 Å². The fourth-order valence-corrected chi connectivity index (χ4v) is 2.22. The number of carbonyl (C=O) groups is 2. The van der Waals surface area contributed by atoms with Gasteiger partial charge >= 0.3 is 0 Å². The number of imidazole rings is 1. The third-order valence-corrected chi connectivity index (χ3v) is 3.46. The number of aromatic nitrogens is 4. The van der Waals surface area contributed by atoms with Crippen LogP contribution in [0.15, 0.2) is 36.9 Å². The SMILES string of the molecule is CNC(=O)Cn1cc(NC(=O)c2ccc3c(c2)ncn3C)cn1. The summed E-state index contributed by atoms with van der Waals surface area (Å²) < 4.78 is 3.34. The van der Waals surface area contributed by atoms with Crippen molar-refractivity contribution in [3.8, 4) is 0 Å². The van der Waals surface area contributed by atoms with E-state index < -0.39 is 0 Å². The van der Waals surface area contributed by atoms with E-state index in [4.69, 9.17) is 0 Å². The fourth-order valence-electron chi connectivity index (χ4n) is 2.22. The first-order valence-electron chi connectivity index (χ1n) is 7.02. The highest BCUT2D eigenvalue weighted by atomic mass is 16.2. The number of carbonyl (C=O) groups excluding carboxylic acids is 2. The van der Waals surface area contributed by atoms with Crippen molar-refractivity contribution < 1.29 is 9.59 Å². The van der Waals surface area contributed by atoms with Gasteiger partial charge in [0.25, 0.3) is 5.91 Å². The summed E-state index contributed by atoms with van der Waals surface area (Å²) in [5, 5.41) is 9.29. The highest BCUT2D eigenvalue weighted by molar-refractivity contribution is 6.05. The maximum absolute atomic E-state index is 12.3. The summed E-state index contributed by atoms with van der Waals surface area (Å²) in [5.74, 6) is -0.413. The van der Waals surface area contributed by atoms with E-state index in [9.17, 15) is 9.59 Å². The van der Waals surface area contributed by atoms with Crippen LogP contribution in [0.5, 0.6) is 0 Å². The highest BCUT2D eigenvalue weighted by Gasteiger charge is 2.10. The number of benzene rings is 1. The predicted molar refractivity (Wildman–Crippen MR) is 85.0 cm³/mol. The van der Waals surface area contributed by atoms with Crippen LogP contribution < -0.4 is 10.6 Å². The number of hydrogen-bond donors (Lipinski definition) is 2. The minimum Gasteiger partial charge on any atom is -0.358 e. The highest BCUT2D eigenvalue weighted by Crippen LogP contribution is 2.15. The molecule has 0 saturated heterocycles. The van der Waals surface area contributed by atoms with Crippen LogP contribution in [-0.2, 0) is 18.4 Å². The maximum atomic E-state index is 12.3. The van der Waals surface area contributed by atoms with Crippen LogP contribution in [0.25, 0.3) is 11.0 Å². The molecule has 0 atom stereocenters. The molecule has 118 valence electrons. The van der Waals surface area contributed by atoms with Gasteiger partial charge in [-0.15, -0.1) is 0 Å². The van der Waals surface area contributed by atoms with Crippen molar-refractivity contribution in [1.82, 2.24) is 24.6 Å². The van der Waals surface area contributed by atoms with Gasteiger partial charge in [-0.1, -0.05) is 0 Å². The molecular formula is C15H16N6O2. The van der Waals surface area contributed by atoms with Crippen LogP contribution in [-0.4, -0.2) is 38.2 Å².